The van der Waals surface area contributed by atoms with Crippen LogP contribution in [0.15, 0.2) is 23.1 Å². The van der Waals surface area contributed by atoms with Gasteiger partial charge in [-0.25, -0.2) is 0 Å². The average Bonchev–Trinajstić information content (AvgIpc) is 2.82. The van der Waals surface area contributed by atoms with Gasteiger partial charge in [0, 0.05) is 25.6 Å². The summed E-state index contributed by atoms with van der Waals surface area (Å²) in [5.41, 5.74) is 5.87. The largest absolute Gasteiger partial charge is 0.370 e. The highest BCUT2D eigenvalue weighted by atomic mass is 16.1. The van der Waals surface area contributed by atoms with E-state index in [4.69, 9.17) is 5.73 Å². The number of hydrogen-bond donors (Lipinski definition) is 2. The van der Waals surface area contributed by atoms with Crippen molar-refractivity contribution in [3.8, 4) is 11.5 Å². The van der Waals surface area contributed by atoms with Gasteiger partial charge in [0.15, 0.2) is 5.82 Å². The third-order valence-electron chi connectivity index (χ3n) is 3.24. The quantitative estimate of drug-likeness (QED) is 0.830. The van der Waals surface area contributed by atoms with Gasteiger partial charge in [-0.1, -0.05) is 6.92 Å². The second-order valence-corrected chi connectivity index (χ2v) is 4.67. The number of H-pyrrole nitrogens is 1. The van der Waals surface area contributed by atoms with Crippen LogP contribution in [-0.2, 0) is 11.8 Å². The van der Waals surface area contributed by atoms with Crippen molar-refractivity contribution in [3.63, 3.8) is 0 Å². The van der Waals surface area contributed by atoms with Crippen LogP contribution in [0.5, 0.6) is 0 Å². The number of nitrogens with one attached hydrogen (secondary N) is 1. The van der Waals surface area contributed by atoms with Crippen molar-refractivity contribution in [2.45, 2.75) is 25.7 Å². The minimum atomic E-state index is -0.454. The van der Waals surface area contributed by atoms with Crippen LogP contribution < -0.4 is 11.3 Å². The molecule has 7 heteroatoms. The van der Waals surface area contributed by atoms with E-state index in [9.17, 15) is 9.59 Å². The van der Waals surface area contributed by atoms with Crippen molar-refractivity contribution in [3.05, 3.63) is 34.4 Å². The smallest absolute Gasteiger partial charge is 0.273 e. The summed E-state index contributed by atoms with van der Waals surface area (Å²) in [5.74, 6) is -0.351. The molecule has 2 aromatic heterocycles. The minimum Gasteiger partial charge on any atom is -0.370 e. The monoisotopic (exact) mass is 275 g/mol. The molecule has 0 aromatic carbocycles. The molecule has 0 saturated heterocycles. The van der Waals surface area contributed by atoms with Gasteiger partial charge in [0.25, 0.3) is 5.56 Å². The molecule has 20 heavy (non-hydrogen) atoms. The van der Waals surface area contributed by atoms with Crippen molar-refractivity contribution in [2.24, 2.45) is 12.8 Å². The Morgan fingerprint density at radius 1 is 1.50 bits per heavy atom. The molecule has 1 atom stereocenters. The fraction of sp³-hybridized carbons (Fsp3) is 0.385. The fourth-order valence-electron chi connectivity index (χ4n) is 2.11. The van der Waals surface area contributed by atoms with Crippen LogP contribution >= 0.6 is 0 Å². The molecule has 0 saturated carbocycles. The van der Waals surface area contributed by atoms with Crippen LogP contribution in [-0.4, -0.2) is 25.7 Å². The summed E-state index contributed by atoms with van der Waals surface area (Å²) in [7, 11) is 1.85. The first-order chi connectivity index (χ1) is 9.52. The molecule has 1 amide bonds. The zero-order valence-corrected chi connectivity index (χ0v) is 11.5. The molecule has 0 fully saturated rings. The maximum Gasteiger partial charge on any atom is 0.273 e. The number of hydrogen-bond acceptors (Lipinski definition) is 4. The fourth-order valence-corrected chi connectivity index (χ4v) is 2.11. The highest BCUT2D eigenvalue weighted by Gasteiger charge is 2.19. The lowest BCUT2D eigenvalue weighted by Crippen LogP contribution is -2.24. The van der Waals surface area contributed by atoms with Gasteiger partial charge in [-0.05, 0) is 18.6 Å². The number of amides is 1. The molecular weight excluding hydrogens is 258 g/mol. The first-order valence-electron chi connectivity index (χ1n) is 6.39. The molecule has 0 aliphatic carbocycles. The topological polar surface area (TPSA) is 107 Å². The number of aromatic nitrogens is 4. The van der Waals surface area contributed by atoms with E-state index in [1.165, 1.54) is 0 Å². The number of rotatable bonds is 5. The number of nitrogens with two attached hydrogens (primary N) is 1. The van der Waals surface area contributed by atoms with E-state index in [-0.39, 0.29) is 23.6 Å². The summed E-state index contributed by atoms with van der Waals surface area (Å²) in [4.78, 5) is 25.8. The second kappa shape index (κ2) is 5.68. The first kappa shape index (κ1) is 14.0. The number of carbonyl (C=O) groups excluding carboxylic acids is 1. The molecule has 3 N–H and O–H groups in total. The van der Waals surface area contributed by atoms with Crippen LogP contribution in [0.3, 0.4) is 0 Å². The molecule has 2 heterocycles. The van der Waals surface area contributed by atoms with Gasteiger partial charge in [0.2, 0.25) is 5.91 Å². The summed E-state index contributed by atoms with van der Waals surface area (Å²) in [5, 5.41) is 8.03. The molecule has 2 aromatic rings. The van der Waals surface area contributed by atoms with Crippen LogP contribution in [0.4, 0.5) is 0 Å². The summed E-state index contributed by atoms with van der Waals surface area (Å²) in [6.07, 6.45) is 2.55. The molecule has 0 radical (unpaired) electrons. The van der Waals surface area contributed by atoms with Crippen molar-refractivity contribution >= 4 is 5.91 Å². The molecule has 7 nitrogen and oxygen atoms in total. The molecule has 1 unspecified atom stereocenters. The average molecular weight is 275 g/mol. The Labute approximate surface area is 115 Å². The van der Waals surface area contributed by atoms with E-state index >= 15 is 0 Å². The van der Waals surface area contributed by atoms with E-state index in [0.717, 1.165) is 5.69 Å². The second-order valence-electron chi connectivity index (χ2n) is 4.67. The van der Waals surface area contributed by atoms with Gasteiger partial charge in [-0.3, -0.25) is 9.59 Å². The van der Waals surface area contributed by atoms with E-state index < -0.39 is 5.91 Å². The third kappa shape index (κ3) is 2.76. The van der Waals surface area contributed by atoms with Crippen LogP contribution in [0.1, 0.15) is 31.4 Å². The standard InChI is InChI=1S/C13H17N5O2/c1-3-8(7-10(14)19)11-13(20)15-12(17-16-11)9-5-4-6-18(9)2/h4-6,8H,3,7H2,1-2H3,(H2,14,19)(H,15,17,20). The Bertz CT molecular complexity index is 673. The van der Waals surface area contributed by atoms with Gasteiger partial charge >= 0.3 is 0 Å². The Hall–Kier alpha value is -2.44. The predicted octanol–water partition coefficient (Wildman–Crippen LogP) is 0.539. The van der Waals surface area contributed by atoms with Gasteiger partial charge in [-0.2, -0.15) is 0 Å². The number of nitrogens with zero attached hydrogens (tertiary/aromatic N) is 3. The molecule has 0 aliphatic rings. The van der Waals surface area contributed by atoms with Gasteiger partial charge < -0.3 is 15.3 Å². The maximum atomic E-state index is 12.1. The zero-order valence-electron chi connectivity index (χ0n) is 11.5. The van der Waals surface area contributed by atoms with E-state index in [1.807, 2.05) is 36.9 Å². The number of aromatic amines is 1. The Morgan fingerprint density at radius 3 is 2.75 bits per heavy atom. The zero-order chi connectivity index (χ0) is 14.7. The highest BCUT2D eigenvalue weighted by molar-refractivity contribution is 5.74. The summed E-state index contributed by atoms with van der Waals surface area (Å²) >= 11 is 0. The third-order valence-corrected chi connectivity index (χ3v) is 3.24. The molecule has 106 valence electrons. The van der Waals surface area contributed by atoms with E-state index in [0.29, 0.717) is 12.2 Å². The molecule has 0 bridgehead atoms. The normalized spacial score (nSPS) is 12.3. The van der Waals surface area contributed by atoms with Crippen LogP contribution in [0.2, 0.25) is 0 Å². The number of carbonyl (C=O) groups is 1. The Kier molecular flexibility index (Phi) is 3.97. The lowest BCUT2D eigenvalue weighted by molar-refractivity contribution is -0.118. The lowest BCUT2D eigenvalue weighted by Gasteiger charge is -2.11. The van der Waals surface area contributed by atoms with Crippen molar-refractivity contribution in [2.75, 3.05) is 0 Å². The van der Waals surface area contributed by atoms with Gasteiger partial charge in [0.05, 0.1) is 5.69 Å². The SMILES string of the molecule is CCC(CC(N)=O)c1nnc(-c2cccn2C)[nH]c1=O. The minimum absolute atomic E-state index is 0.0950. The van der Waals surface area contributed by atoms with Crippen molar-refractivity contribution in [1.82, 2.24) is 19.7 Å². The van der Waals surface area contributed by atoms with Crippen molar-refractivity contribution < 1.29 is 4.79 Å². The predicted molar refractivity (Wildman–Crippen MR) is 73.9 cm³/mol. The highest BCUT2D eigenvalue weighted by Crippen LogP contribution is 2.18. The molecule has 0 aliphatic heterocycles. The maximum absolute atomic E-state index is 12.1. The molecule has 0 spiro atoms. The van der Waals surface area contributed by atoms with Crippen LogP contribution in [0, 0.1) is 0 Å². The first-order valence-corrected chi connectivity index (χ1v) is 6.39. The number of primary amides is 1. The lowest BCUT2D eigenvalue weighted by atomic mass is 9.98. The molecule has 2 rings (SSSR count). The molecular formula is C13H17N5O2. The Balaban J connectivity index is 2.37. The number of aryl methyl sites for hydroxylation is 1. The Morgan fingerprint density at radius 2 is 2.25 bits per heavy atom. The van der Waals surface area contributed by atoms with Gasteiger partial charge in [0.1, 0.15) is 5.69 Å². The summed E-state index contributed by atoms with van der Waals surface area (Å²) in [6, 6.07) is 3.69. The summed E-state index contributed by atoms with van der Waals surface area (Å²) < 4.78 is 1.83. The van der Waals surface area contributed by atoms with E-state index in [1.54, 1.807) is 0 Å². The van der Waals surface area contributed by atoms with E-state index in [2.05, 4.69) is 15.2 Å². The van der Waals surface area contributed by atoms with Crippen LogP contribution in [0.25, 0.3) is 11.5 Å². The van der Waals surface area contributed by atoms with Crippen molar-refractivity contribution in [1.29, 1.82) is 0 Å². The summed E-state index contributed by atoms with van der Waals surface area (Å²) in [6.45, 7) is 1.87. The van der Waals surface area contributed by atoms with Gasteiger partial charge in [-0.15, -0.1) is 10.2 Å².